The van der Waals surface area contributed by atoms with Gasteiger partial charge in [-0.2, -0.15) is 0 Å². The Balaban J connectivity index is 1.07. The standard InChI is InChI=1S/C57H35N5S/c1-4-16-36(17-5-1)55-58-56(37-18-6-2-7-19-37)60-57(59-55)48-35-41(34-47-46-24-12-15-27-53(46)63-54(47)48)62-50-26-14-11-23-43(50)45-31-29-39(33-52(45)62)38-28-30-44-42-22-10-13-25-49(42)61(51(44)32-38)40-20-8-3-9-21-40/h1-35H. The minimum absolute atomic E-state index is 0.642. The highest BCUT2D eigenvalue weighted by Gasteiger charge is 2.21. The Hall–Kier alpha value is -8.19. The molecule has 4 aromatic heterocycles. The summed E-state index contributed by atoms with van der Waals surface area (Å²) in [6.45, 7) is 0. The van der Waals surface area contributed by atoms with Gasteiger partial charge in [0.05, 0.1) is 22.1 Å². The monoisotopic (exact) mass is 821 g/mol. The van der Waals surface area contributed by atoms with Gasteiger partial charge in [-0.3, -0.25) is 0 Å². The van der Waals surface area contributed by atoms with Crippen molar-refractivity contribution in [1.29, 1.82) is 0 Å². The maximum Gasteiger partial charge on any atom is 0.165 e. The third-order valence-electron chi connectivity index (χ3n) is 12.4. The van der Waals surface area contributed by atoms with E-state index in [2.05, 4.69) is 185 Å². The van der Waals surface area contributed by atoms with Crippen molar-refractivity contribution in [3.63, 3.8) is 0 Å². The van der Waals surface area contributed by atoms with Crippen LogP contribution in [0.15, 0.2) is 212 Å². The third kappa shape index (κ3) is 5.73. The van der Waals surface area contributed by atoms with E-state index in [0.717, 1.165) is 54.9 Å². The van der Waals surface area contributed by atoms with Crippen LogP contribution in [0.25, 0.3) is 120 Å². The van der Waals surface area contributed by atoms with E-state index < -0.39 is 0 Å². The van der Waals surface area contributed by atoms with Crippen molar-refractivity contribution in [2.45, 2.75) is 0 Å². The van der Waals surface area contributed by atoms with Crippen molar-refractivity contribution in [3.05, 3.63) is 212 Å². The number of hydrogen-bond donors (Lipinski definition) is 0. The van der Waals surface area contributed by atoms with Crippen LogP contribution in [0.4, 0.5) is 0 Å². The topological polar surface area (TPSA) is 48.5 Å². The van der Waals surface area contributed by atoms with Gasteiger partial charge < -0.3 is 9.13 Å². The van der Waals surface area contributed by atoms with Gasteiger partial charge in [0.25, 0.3) is 0 Å². The smallest absolute Gasteiger partial charge is 0.165 e. The van der Waals surface area contributed by atoms with Crippen LogP contribution in [0.1, 0.15) is 0 Å². The summed E-state index contributed by atoms with van der Waals surface area (Å²) in [6.07, 6.45) is 0. The molecular formula is C57H35N5S. The summed E-state index contributed by atoms with van der Waals surface area (Å²) < 4.78 is 7.19. The van der Waals surface area contributed by atoms with Crippen molar-refractivity contribution >= 4 is 75.1 Å². The lowest BCUT2D eigenvalue weighted by molar-refractivity contribution is 1.07. The number of rotatable bonds is 6. The first-order valence-electron chi connectivity index (χ1n) is 21.2. The quantitative estimate of drug-likeness (QED) is 0.168. The van der Waals surface area contributed by atoms with Gasteiger partial charge in [0, 0.05) is 69.8 Å². The molecule has 13 aromatic rings. The van der Waals surface area contributed by atoms with Gasteiger partial charge in [-0.05, 0) is 65.7 Å². The molecule has 0 aliphatic heterocycles. The number of aromatic nitrogens is 5. The SMILES string of the molecule is c1ccc(-c2nc(-c3ccccc3)nc(-c3cc(-n4c5ccccc5c5ccc(-c6ccc7c8ccccc8n(-c8ccccc8)c7c6)cc54)cc4c3sc3ccccc34)n2)cc1. The fraction of sp³-hybridized carbons (Fsp3) is 0. The van der Waals surface area contributed by atoms with Gasteiger partial charge >= 0.3 is 0 Å². The first-order valence-corrected chi connectivity index (χ1v) is 22.0. The van der Waals surface area contributed by atoms with Crippen LogP contribution >= 0.6 is 11.3 Å². The Morgan fingerprint density at radius 2 is 0.762 bits per heavy atom. The summed E-state index contributed by atoms with van der Waals surface area (Å²) in [5, 5.41) is 7.27. The van der Waals surface area contributed by atoms with Gasteiger partial charge in [-0.15, -0.1) is 11.3 Å². The molecule has 0 aliphatic rings. The van der Waals surface area contributed by atoms with E-state index in [9.17, 15) is 0 Å². The lowest BCUT2D eigenvalue weighted by Gasteiger charge is -2.14. The molecule has 9 aromatic carbocycles. The first kappa shape index (κ1) is 35.6. The number of thiophene rings is 1. The molecule has 0 fully saturated rings. The molecular weight excluding hydrogens is 787 g/mol. The van der Waals surface area contributed by atoms with Gasteiger partial charge in [0.2, 0.25) is 0 Å². The molecule has 63 heavy (non-hydrogen) atoms. The second-order valence-corrected chi connectivity index (χ2v) is 17.1. The maximum atomic E-state index is 5.26. The van der Waals surface area contributed by atoms with Crippen molar-refractivity contribution in [2.24, 2.45) is 0 Å². The zero-order chi connectivity index (χ0) is 41.4. The van der Waals surface area contributed by atoms with Crippen molar-refractivity contribution in [3.8, 4) is 56.7 Å². The van der Waals surface area contributed by atoms with E-state index in [1.807, 2.05) is 36.4 Å². The molecule has 0 saturated carbocycles. The number of benzene rings is 9. The number of fused-ring (bicyclic) bond motifs is 9. The highest BCUT2D eigenvalue weighted by molar-refractivity contribution is 7.26. The number of nitrogens with zero attached hydrogens (tertiary/aromatic N) is 5. The summed E-state index contributed by atoms with van der Waals surface area (Å²) in [6, 6.07) is 75.7. The fourth-order valence-corrected chi connectivity index (χ4v) is 10.7. The summed E-state index contributed by atoms with van der Waals surface area (Å²) in [4.78, 5) is 15.6. The Kier molecular flexibility index (Phi) is 8.01. The summed E-state index contributed by atoms with van der Waals surface area (Å²) in [7, 11) is 0. The highest BCUT2D eigenvalue weighted by atomic mass is 32.1. The van der Waals surface area contributed by atoms with Gasteiger partial charge in [-0.25, -0.2) is 15.0 Å². The van der Waals surface area contributed by atoms with E-state index in [4.69, 9.17) is 15.0 Å². The number of para-hydroxylation sites is 3. The minimum atomic E-state index is 0.642. The van der Waals surface area contributed by atoms with Crippen LogP contribution in [0.3, 0.4) is 0 Å². The minimum Gasteiger partial charge on any atom is -0.309 e. The fourth-order valence-electron chi connectivity index (χ4n) is 9.47. The van der Waals surface area contributed by atoms with E-state index in [-0.39, 0.29) is 0 Å². The molecule has 0 radical (unpaired) electrons. The molecule has 0 saturated heterocycles. The van der Waals surface area contributed by atoms with Crippen molar-refractivity contribution < 1.29 is 0 Å². The van der Waals surface area contributed by atoms with Crippen LogP contribution in [0.2, 0.25) is 0 Å². The van der Waals surface area contributed by atoms with Crippen LogP contribution in [0.5, 0.6) is 0 Å². The van der Waals surface area contributed by atoms with Crippen LogP contribution in [-0.2, 0) is 0 Å². The highest BCUT2D eigenvalue weighted by Crippen LogP contribution is 2.44. The second-order valence-electron chi connectivity index (χ2n) is 16.0. The Morgan fingerprint density at radius 3 is 1.35 bits per heavy atom. The Labute approximate surface area is 366 Å². The molecule has 13 rings (SSSR count). The molecule has 0 unspecified atom stereocenters. The average Bonchev–Trinajstić information content (AvgIpc) is 4.01. The molecule has 294 valence electrons. The summed E-state index contributed by atoms with van der Waals surface area (Å²) in [5.74, 6) is 1.93. The molecule has 6 heteroatoms. The molecule has 0 bridgehead atoms. The third-order valence-corrected chi connectivity index (χ3v) is 13.6. The van der Waals surface area contributed by atoms with Crippen molar-refractivity contribution in [2.75, 3.05) is 0 Å². The van der Waals surface area contributed by atoms with E-state index in [1.54, 1.807) is 11.3 Å². The maximum absolute atomic E-state index is 5.26. The normalized spacial score (nSPS) is 11.8. The number of hydrogen-bond acceptors (Lipinski definition) is 4. The summed E-state index contributed by atoms with van der Waals surface area (Å²) >= 11 is 1.79. The molecule has 5 nitrogen and oxygen atoms in total. The first-order chi connectivity index (χ1) is 31.2. The lowest BCUT2D eigenvalue weighted by Crippen LogP contribution is -2.01. The van der Waals surface area contributed by atoms with Crippen LogP contribution in [-0.4, -0.2) is 24.1 Å². The zero-order valence-electron chi connectivity index (χ0n) is 33.9. The molecule has 0 aliphatic carbocycles. The van der Waals surface area contributed by atoms with Crippen LogP contribution < -0.4 is 0 Å². The molecule has 0 atom stereocenters. The van der Waals surface area contributed by atoms with Gasteiger partial charge in [-0.1, -0.05) is 158 Å². The largest absolute Gasteiger partial charge is 0.309 e. The van der Waals surface area contributed by atoms with Crippen LogP contribution in [0, 0.1) is 0 Å². The Morgan fingerprint density at radius 1 is 0.302 bits per heavy atom. The van der Waals surface area contributed by atoms with Crippen molar-refractivity contribution in [1.82, 2.24) is 24.1 Å². The predicted octanol–water partition coefficient (Wildman–Crippen LogP) is 15.1. The average molecular weight is 822 g/mol. The molecule has 0 spiro atoms. The van der Waals surface area contributed by atoms with E-state index in [1.165, 1.54) is 48.1 Å². The molecule has 0 amide bonds. The van der Waals surface area contributed by atoms with E-state index >= 15 is 0 Å². The van der Waals surface area contributed by atoms with Gasteiger partial charge in [0.15, 0.2) is 17.5 Å². The van der Waals surface area contributed by atoms with E-state index in [0.29, 0.717) is 17.5 Å². The predicted molar refractivity (Wildman–Crippen MR) is 263 cm³/mol. The Bertz CT molecular complexity index is 3850. The molecule has 0 N–H and O–H groups in total. The second kappa shape index (κ2) is 14.2. The van der Waals surface area contributed by atoms with Gasteiger partial charge in [0.1, 0.15) is 0 Å². The molecule has 4 heterocycles. The zero-order valence-corrected chi connectivity index (χ0v) is 34.7. The summed E-state index contributed by atoms with van der Waals surface area (Å²) in [5.41, 5.74) is 12.0. The lowest BCUT2D eigenvalue weighted by atomic mass is 10.0.